The molecule has 12 heteroatoms. The SMILES string of the molecule is CN(C)S(=O)(=O)c1ccc2nc(NC(=O)c3ccc(S(=O)(=O)N4CCc5ccccc5C4)cc3)sc2c1. The summed E-state index contributed by atoms with van der Waals surface area (Å²) in [5.74, 6) is -0.448. The van der Waals surface area contributed by atoms with E-state index in [1.807, 2.05) is 24.3 Å². The minimum absolute atomic E-state index is 0.123. The lowest BCUT2D eigenvalue weighted by atomic mass is 10.0. The number of amides is 1. The summed E-state index contributed by atoms with van der Waals surface area (Å²) in [5, 5.41) is 3.02. The summed E-state index contributed by atoms with van der Waals surface area (Å²) < 4.78 is 54.3. The molecule has 1 N–H and O–H groups in total. The van der Waals surface area contributed by atoms with Gasteiger partial charge in [0.25, 0.3) is 5.91 Å². The molecule has 3 aromatic carbocycles. The fourth-order valence-corrected chi connectivity index (χ4v) is 7.42. The molecule has 1 aromatic heterocycles. The highest BCUT2D eigenvalue weighted by molar-refractivity contribution is 7.89. The molecule has 192 valence electrons. The van der Waals surface area contributed by atoms with Crippen LogP contribution in [0.15, 0.2) is 76.5 Å². The molecule has 1 amide bonds. The van der Waals surface area contributed by atoms with Crippen molar-refractivity contribution in [1.29, 1.82) is 0 Å². The van der Waals surface area contributed by atoms with Gasteiger partial charge in [-0.25, -0.2) is 26.1 Å². The van der Waals surface area contributed by atoms with Crippen molar-refractivity contribution in [2.24, 2.45) is 0 Å². The largest absolute Gasteiger partial charge is 0.298 e. The van der Waals surface area contributed by atoms with E-state index in [9.17, 15) is 21.6 Å². The maximum atomic E-state index is 13.2. The maximum Gasteiger partial charge on any atom is 0.257 e. The van der Waals surface area contributed by atoms with Crippen molar-refractivity contribution < 1.29 is 21.6 Å². The van der Waals surface area contributed by atoms with E-state index in [-0.39, 0.29) is 15.4 Å². The Labute approximate surface area is 219 Å². The number of carbonyl (C=O) groups excluding carboxylic acids is 1. The number of nitrogens with zero attached hydrogens (tertiary/aromatic N) is 3. The average molecular weight is 557 g/mol. The van der Waals surface area contributed by atoms with Gasteiger partial charge in [-0.3, -0.25) is 10.1 Å². The first-order valence-corrected chi connectivity index (χ1v) is 15.1. The first kappa shape index (κ1) is 25.5. The predicted octanol–water partition coefficient (Wildman–Crippen LogP) is 3.55. The van der Waals surface area contributed by atoms with Gasteiger partial charge in [-0.2, -0.15) is 4.31 Å². The Bertz CT molecular complexity index is 1710. The van der Waals surface area contributed by atoms with Gasteiger partial charge in [0.1, 0.15) is 0 Å². The fourth-order valence-electron chi connectivity index (χ4n) is 4.10. The van der Waals surface area contributed by atoms with Crippen molar-refractivity contribution in [3.05, 3.63) is 83.4 Å². The van der Waals surface area contributed by atoms with Gasteiger partial charge in [-0.05, 0) is 60.0 Å². The summed E-state index contributed by atoms with van der Waals surface area (Å²) in [6.07, 6.45) is 0.653. The second-order valence-corrected chi connectivity index (χ2v) is 13.9. The highest BCUT2D eigenvalue weighted by Gasteiger charge is 2.28. The van der Waals surface area contributed by atoms with E-state index in [4.69, 9.17) is 0 Å². The lowest BCUT2D eigenvalue weighted by Crippen LogP contribution is -2.35. The minimum atomic E-state index is -3.71. The molecular formula is C25H24N4O5S3. The van der Waals surface area contributed by atoms with Crippen LogP contribution in [0.4, 0.5) is 5.13 Å². The van der Waals surface area contributed by atoms with Crippen LogP contribution in [0.5, 0.6) is 0 Å². The quantitative estimate of drug-likeness (QED) is 0.388. The van der Waals surface area contributed by atoms with Crippen molar-refractivity contribution in [1.82, 2.24) is 13.6 Å². The number of aromatic nitrogens is 1. The summed E-state index contributed by atoms with van der Waals surface area (Å²) in [6.45, 7) is 0.715. The van der Waals surface area contributed by atoms with Crippen LogP contribution in [-0.2, 0) is 33.0 Å². The van der Waals surface area contributed by atoms with Crippen LogP contribution in [-0.4, -0.2) is 57.0 Å². The van der Waals surface area contributed by atoms with Gasteiger partial charge in [0.15, 0.2) is 5.13 Å². The molecule has 0 bridgehead atoms. The molecule has 0 fully saturated rings. The van der Waals surface area contributed by atoms with E-state index < -0.39 is 26.0 Å². The second-order valence-electron chi connectivity index (χ2n) is 8.77. The van der Waals surface area contributed by atoms with E-state index in [0.717, 1.165) is 26.8 Å². The van der Waals surface area contributed by atoms with E-state index in [1.165, 1.54) is 54.8 Å². The van der Waals surface area contributed by atoms with Crippen molar-refractivity contribution in [3.63, 3.8) is 0 Å². The van der Waals surface area contributed by atoms with Gasteiger partial charge < -0.3 is 0 Å². The van der Waals surface area contributed by atoms with E-state index in [0.29, 0.717) is 34.9 Å². The molecular weight excluding hydrogens is 532 g/mol. The number of thiazole rings is 1. The molecule has 0 atom stereocenters. The zero-order chi connectivity index (χ0) is 26.4. The molecule has 0 saturated heterocycles. The number of hydrogen-bond acceptors (Lipinski definition) is 7. The highest BCUT2D eigenvalue weighted by atomic mass is 32.2. The van der Waals surface area contributed by atoms with Crippen LogP contribution < -0.4 is 5.32 Å². The summed E-state index contributed by atoms with van der Waals surface area (Å²) in [4.78, 5) is 17.4. The van der Waals surface area contributed by atoms with Crippen molar-refractivity contribution in [2.45, 2.75) is 22.8 Å². The molecule has 9 nitrogen and oxygen atoms in total. The first-order valence-electron chi connectivity index (χ1n) is 11.4. The van der Waals surface area contributed by atoms with Gasteiger partial charge in [-0.1, -0.05) is 35.6 Å². The molecule has 0 saturated carbocycles. The molecule has 1 aliphatic rings. The number of rotatable bonds is 6. The number of anilines is 1. The van der Waals surface area contributed by atoms with E-state index >= 15 is 0 Å². The third kappa shape index (κ3) is 4.90. The molecule has 0 radical (unpaired) electrons. The summed E-state index contributed by atoms with van der Waals surface area (Å²) >= 11 is 1.15. The summed E-state index contributed by atoms with van der Waals surface area (Å²) in [6, 6.07) is 18.2. The first-order chi connectivity index (χ1) is 17.6. The number of hydrogen-bond donors (Lipinski definition) is 1. The monoisotopic (exact) mass is 556 g/mol. The average Bonchev–Trinajstić information content (AvgIpc) is 3.29. The third-order valence-electron chi connectivity index (χ3n) is 6.21. The van der Waals surface area contributed by atoms with Crippen LogP contribution >= 0.6 is 11.3 Å². The minimum Gasteiger partial charge on any atom is -0.298 e. The van der Waals surface area contributed by atoms with Crippen LogP contribution in [0.25, 0.3) is 10.2 Å². The molecule has 5 rings (SSSR count). The van der Waals surface area contributed by atoms with Crippen LogP contribution in [0, 0.1) is 0 Å². The predicted molar refractivity (Wildman–Crippen MR) is 143 cm³/mol. The Morgan fingerprint density at radius 3 is 2.32 bits per heavy atom. The van der Waals surface area contributed by atoms with Gasteiger partial charge in [0, 0.05) is 32.7 Å². The standard InChI is InChI=1S/C25H24N4O5S3/c1-28(2)36(31,32)21-11-12-22-23(15-21)35-25(26-22)27-24(30)18-7-9-20(10-8-18)37(33,34)29-14-13-17-5-3-4-6-19(17)16-29/h3-12,15H,13-14,16H2,1-2H3,(H,26,27,30). The van der Waals surface area contributed by atoms with E-state index in [2.05, 4.69) is 10.3 Å². The van der Waals surface area contributed by atoms with Crippen LogP contribution in [0.2, 0.25) is 0 Å². The Balaban J connectivity index is 1.31. The Kier molecular flexibility index (Phi) is 6.62. The topological polar surface area (TPSA) is 117 Å². The van der Waals surface area contributed by atoms with Crippen molar-refractivity contribution in [2.75, 3.05) is 26.0 Å². The summed E-state index contributed by atoms with van der Waals surface area (Å²) in [5.41, 5.74) is 2.99. The molecule has 2 heterocycles. The summed E-state index contributed by atoms with van der Waals surface area (Å²) in [7, 11) is -4.38. The number of fused-ring (bicyclic) bond motifs is 2. The lowest BCUT2D eigenvalue weighted by molar-refractivity contribution is 0.102. The number of benzene rings is 3. The van der Waals surface area contributed by atoms with Gasteiger partial charge in [0.2, 0.25) is 20.0 Å². The number of carbonyl (C=O) groups is 1. The van der Waals surface area contributed by atoms with Crippen molar-refractivity contribution >= 4 is 52.6 Å². The second kappa shape index (κ2) is 9.62. The molecule has 37 heavy (non-hydrogen) atoms. The zero-order valence-corrected chi connectivity index (χ0v) is 22.5. The van der Waals surface area contributed by atoms with Crippen LogP contribution in [0.3, 0.4) is 0 Å². The van der Waals surface area contributed by atoms with Gasteiger partial charge in [0.05, 0.1) is 20.0 Å². The fraction of sp³-hybridized carbons (Fsp3) is 0.200. The zero-order valence-electron chi connectivity index (χ0n) is 20.1. The molecule has 0 aliphatic carbocycles. The molecule has 1 aliphatic heterocycles. The van der Waals surface area contributed by atoms with E-state index in [1.54, 1.807) is 6.07 Å². The Morgan fingerprint density at radius 2 is 1.62 bits per heavy atom. The third-order valence-corrected chi connectivity index (χ3v) is 10.8. The normalized spacial score (nSPS) is 14.6. The molecule has 4 aromatic rings. The van der Waals surface area contributed by atoms with Gasteiger partial charge in [-0.15, -0.1) is 0 Å². The van der Waals surface area contributed by atoms with Crippen molar-refractivity contribution in [3.8, 4) is 0 Å². The van der Waals surface area contributed by atoms with Crippen LogP contribution in [0.1, 0.15) is 21.5 Å². The maximum absolute atomic E-state index is 13.2. The highest BCUT2D eigenvalue weighted by Crippen LogP contribution is 2.30. The lowest BCUT2D eigenvalue weighted by Gasteiger charge is -2.28. The molecule has 0 spiro atoms. The smallest absolute Gasteiger partial charge is 0.257 e. The number of nitrogens with one attached hydrogen (secondary N) is 1. The molecule has 0 unspecified atom stereocenters. The Hall–Kier alpha value is -3.16. The Morgan fingerprint density at radius 1 is 0.946 bits per heavy atom. The van der Waals surface area contributed by atoms with Gasteiger partial charge >= 0.3 is 0 Å². The number of sulfonamides is 2.